The van der Waals surface area contributed by atoms with Gasteiger partial charge in [0.05, 0.1) is 5.56 Å². The number of esters is 1. The Balaban J connectivity index is 2.45. The number of hydrogen-bond acceptors (Lipinski definition) is 5. The van der Waals surface area contributed by atoms with Crippen molar-refractivity contribution in [1.82, 2.24) is 4.90 Å². The third-order valence-electron chi connectivity index (χ3n) is 3.21. The summed E-state index contributed by atoms with van der Waals surface area (Å²) in [4.78, 5) is 25.4. The van der Waals surface area contributed by atoms with Crippen LogP contribution in [-0.2, 0) is 14.3 Å². The molecule has 22 heavy (non-hydrogen) atoms. The maximum atomic E-state index is 11.9. The van der Waals surface area contributed by atoms with Crippen molar-refractivity contribution in [3.8, 4) is 0 Å². The minimum Gasteiger partial charge on any atom is -0.461 e. The first kappa shape index (κ1) is 18.1. The monoisotopic (exact) mass is 308 g/mol. The lowest BCUT2D eigenvalue weighted by molar-refractivity contribution is -0.119. The van der Waals surface area contributed by atoms with Crippen LogP contribution in [0.4, 0.5) is 5.69 Å². The van der Waals surface area contributed by atoms with Gasteiger partial charge < -0.3 is 19.7 Å². The van der Waals surface area contributed by atoms with Crippen LogP contribution in [0.2, 0.25) is 0 Å². The molecule has 6 heteroatoms. The number of carbonyl (C=O) groups excluding carboxylic acids is 2. The number of carbonyl (C=O) groups is 2. The number of amides is 1. The summed E-state index contributed by atoms with van der Waals surface area (Å²) in [5.41, 5.74) is 1.08. The first-order chi connectivity index (χ1) is 10.6. The van der Waals surface area contributed by atoms with Crippen molar-refractivity contribution in [2.45, 2.75) is 13.8 Å². The van der Waals surface area contributed by atoms with Crippen molar-refractivity contribution in [3.63, 3.8) is 0 Å². The second kappa shape index (κ2) is 9.92. The predicted molar refractivity (Wildman–Crippen MR) is 85.0 cm³/mol. The van der Waals surface area contributed by atoms with E-state index in [1.807, 2.05) is 0 Å². The highest BCUT2D eigenvalue weighted by atomic mass is 16.5. The van der Waals surface area contributed by atoms with Crippen molar-refractivity contribution in [2.75, 3.05) is 45.3 Å². The molecular weight excluding hydrogens is 284 g/mol. The average Bonchev–Trinajstić information content (AvgIpc) is 2.52. The summed E-state index contributed by atoms with van der Waals surface area (Å²) in [5.74, 6) is -0.598. The Morgan fingerprint density at radius 2 is 1.77 bits per heavy atom. The van der Waals surface area contributed by atoms with E-state index in [1.54, 1.807) is 24.3 Å². The molecule has 0 aliphatic rings. The minimum absolute atomic E-state index is 0.00481. The van der Waals surface area contributed by atoms with E-state index in [0.717, 1.165) is 19.6 Å². The molecule has 0 saturated carbocycles. The molecule has 0 aromatic heterocycles. The lowest BCUT2D eigenvalue weighted by Gasteiger charge is -2.17. The molecule has 0 radical (unpaired) electrons. The molecule has 1 amide bonds. The topological polar surface area (TPSA) is 67.9 Å². The second-order valence-electron chi connectivity index (χ2n) is 4.72. The van der Waals surface area contributed by atoms with Crippen molar-refractivity contribution in [2.24, 2.45) is 0 Å². The zero-order chi connectivity index (χ0) is 16.4. The largest absolute Gasteiger partial charge is 0.461 e. The smallest absolute Gasteiger partial charge is 0.338 e. The molecule has 0 bridgehead atoms. The van der Waals surface area contributed by atoms with E-state index in [1.165, 1.54) is 7.11 Å². The van der Waals surface area contributed by atoms with Gasteiger partial charge in [-0.1, -0.05) is 13.8 Å². The third kappa shape index (κ3) is 6.24. The SMILES string of the molecule is CCN(CC)CCOC(=O)c1ccc(NC(=O)COC)cc1. The summed E-state index contributed by atoms with van der Waals surface area (Å²) in [6, 6.07) is 6.58. The Kier molecular flexibility index (Phi) is 8.17. The van der Waals surface area contributed by atoms with Gasteiger partial charge in [0.1, 0.15) is 13.2 Å². The molecule has 0 aliphatic carbocycles. The number of likely N-dealkylation sites (N-methyl/N-ethyl adjacent to an activating group) is 1. The molecule has 1 aromatic rings. The fraction of sp³-hybridized carbons (Fsp3) is 0.500. The molecular formula is C16H24N2O4. The summed E-state index contributed by atoms with van der Waals surface area (Å²) < 4.78 is 9.96. The van der Waals surface area contributed by atoms with Crippen LogP contribution in [0.1, 0.15) is 24.2 Å². The van der Waals surface area contributed by atoms with Gasteiger partial charge in [-0.2, -0.15) is 0 Å². The highest BCUT2D eigenvalue weighted by molar-refractivity contribution is 5.93. The van der Waals surface area contributed by atoms with Gasteiger partial charge in [-0.3, -0.25) is 4.79 Å². The lowest BCUT2D eigenvalue weighted by atomic mass is 10.2. The van der Waals surface area contributed by atoms with E-state index in [-0.39, 0.29) is 18.5 Å². The van der Waals surface area contributed by atoms with Crippen LogP contribution < -0.4 is 5.32 Å². The van der Waals surface area contributed by atoms with Crippen molar-refractivity contribution < 1.29 is 19.1 Å². The molecule has 0 unspecified atom stereocenters. The number of nitrogens with one attached hydrogen (secondary N) is 1. The standard InChI is InChI=1S/C16H24N2O4/c1-4-18(5-2)10-11-22-16(20)13-6-8-14(9-7-13)17-15(19)12-21-3/h6-9H,4-5,10-12H2,1-3H3,(H,17,19). The van der Waals surface area contributed by atoms with Crippen molar-refractivity contribution >= 4 is 17.6 Å². The van der Waals surface area contributed by atoms with Crippen LogP contribution >= 0.6 is 0 Å². The number of benzene rings is 1. The van der Waals surface area contributed by atoms with E-state index in [2.05, 4.69) is 24.1 Å². The van der Waals surface area contributed by atoms with Gasteiger partial charge in [-0.15, -0.1) is 0 Å². The zero-order valence-corrected chi connectivity index (χ0v) is 13.4. The highest BCUT2D eigenvalue weighted by Gasteiger charge is 2.08. The summed E-state index contributed by atoms with van der Waals surface area (Å²) in [6.45, 7) is 7.10. The van der Waals surface area contributed by atoms with E-state index in [0.29, 0.717) is 17.9 Å². The first-order valence-corrected chi connectivity index (χ1v) is 7.39. The number of anilines is 1. The van der Waals surface area contributed by atoms with Crippen LogP contribution in [0.15, 0.2) is 24.3 Å². The van der Waals surface area contributed by atoms with Gasteiger partial charge in [-0.05, 0) is 37.4 Å². The predicted octanol–water partition coefficient (Wildman–Crippen LogP) is 1.77. The van der Waals surface area contributed by atoms with Crippen LogP contribution in [-0.4, -0.2) is 56.7 Å². The van der Waals surface area contributed by atoms with Gasteiger partial charge in [-0.25, -0.2) is 4.79 Å². The molecule has 1 N–H and O–H groups in total. The first-order valence-electron chi connectivity index (χ1n) is 7.39. The Morgan fingerprint density at radius 3 is 2.32 bits per heavy atom. The van der Waals surface area contributed by atoms with E-state index in [4.69, 9.17) is 9.47 Å². The normalized spacial score (nSPS) is 10.5. The van der Waals surface area contributed by atoms with E-state index >= 15 is 0 Å². The van der Waals surface area contributed by atoms with Gasteiger partial charge in [0.25, 0.3) is 0 Å². The molecule has 6 nitrogen and oxygen atoms in total. The van der Waals surface area contributed by atoms with Crippen LogP contribution in [0.3, 0.4) is 0 Å². The molecule has 0 atom stereocenters. The second-order valence-corrected chi connectivity index (χ2v) is 4.72. The molecule has 1 aromatic carbocycles. The number of ether oxygens (including phenoxy) is 2. The fourth-order valence-electron chi connectivity index (χ4n) is 1.91. The summed E-state index contributed by atoms with van der Waals surface area (Å²) in [7, 11) is 1.46. The third-order valence-corrected chi connectivity index (χ3v) is 3.21. The van der Waals surface area contributed by atoms with Gasteiger partial charge in [0, 0.05) is 19.3 Å². The van der Waals surface area contributed by atoms with Crippen LogP contribution in [0, 0.1) is 0 Å². The number of hydrogen-bond donors (Lipinski definition) is 1. The molecule has 1 rings (SSSR count). The number of methoxy groups -OCH3 is 1. The van der Waals surface area contributed by atoms with Gasteiger partial charge in [0.15, 0.2) is 0 Å². The van der Waals surface area contributed by atoms with Gasteiger partial charge in [0.2, 0.25) is 5.91 Å². The lowest BCUT2D eigenvalue weighted by Crippen LogP contribution is -2.27. The number of rotatable bonds is 9. The maximum absolute atomic E-state index is 11.9. The Bertz CT molecular complexity index is 470. The zero-order valence-electron chi connectivity index (χ0n) is 13.4. The van der Waals surface area contributed by atoms with E-state index < -0.39 is 0 Å². The molecule has 0 spiro atoms. The molecule has 0 aliphatic heterocycles. The maximum Gasteiger partial charge on any atom is 0.338 e. The van der Waals surface area contributed by atoms with Crippen LogP contribution in [0.25, 0.3) is 0 Å². The minimum atomic E-state index is -0.359. The van der Waals surface area contributed by atoms with Crippen molar-refractivity contribution in [1.29, 1.82) is 0 Å². The molecule has 0 heterocycles. The van der Waals surface area contributed by atoms with Crippen LogP contribution in [0.5, 0.6) is 0 Å². The Hall–Kier alpha value is -1.92. The highest BCUT2D eigenvalue weighted by Crippen LogP contribution is 2.10. The van der Waals surface area contributed by atoms with Gasteiger partial charge >= 0.3 is 5.97 Å². The molecule has 0 fully saturated rings. The summed E-state index contributed by atoms with van der Waals surface area (Å²) in [5, 5.41) is 2.66. The Labute approximate surface area is 131 Å². The molecule has 122 valence electrons. The Morgan fingerprint density at radius 1 is 1.14 bits per heavy atom. The fourth-order valence-corrected chi connectivity index (χ4v) is 1.91. The van der Waals surface area contributed by atoms with E-state index in [9.17, 15) is 9.59 Å². The number of nitrogens with zero attached hydrogens (tertiary/aromatic N) is 1. The van der Waals surface area contributed by atoms with Crippen molar-refractivity contribution in [3.05, 3.63) is 29.8 Å². The summed E-state index contributed by atoms with van der Waals surface area (Å²) in [6.07, 6.45) is 0. The molecule has 0 saturated heterocycles. The average molecular weight is 308 g/mol. The quantitative estimate of drug-likeness (QED) is 0.704. The summed E-state index contributed by atoms with van der Waals surface area (Å²) >= 11 is 0.